The Morgan fingerprint density at radius 3 is 0.889 bits per heavy atom. The van der Waals surface area contributed by atoms with E-state index < -0.39 is 0 Å². The number of nitrogens with zero attached hydrogens (tertiary/aromatic N) is 18. The second-order valence-corrected chi connectivity index (χ2v) is 24.2. The monoisotopic (exact) mass is 1260 g/mol. The number of rotatable bonds is 1. The Kier molecular flexibility index (Phi) is 24.6. The van der Waals surface area contributed by atoms with Crippen LogP contribution in [0.1, 0.15) is 0 Å². The molecule has 7 rings (SSSR count). The molecule has 0 aromatic carbocycles. The van der Waals surface area contributed by atoms with Crippen molar-refractivity contribution < 1.29 is 24.2 Å². The Balaban J connectivity index is -0.000000609. The van der Waals surface area contributed by atoms with Crippen LogP contribution in [0.15, 0.2) is 0 Å². The summed E-state index contributed by atoms with van der Waals surface area (Å²) in [5.74, 6) is 6.90. The summed E-state index contributed by atoms with van der Waals surface area (Å²) in [6.07, 6.45) is 0. The molecule has 7 aromatic heterocycles. The van der Waals surface area contributed by atoms with Crippen molar-refractivity contribution in [2.24, 2.45) is 5.84 Å². The first-order valence-electron chi connectivity index (χ1n) is 12.0. The molecule has 33 nitrogen and oxygen atoms in total. The minimum Gasteiger partial charge on any atom is -0.412 e. The first kappa shape index (κ1) is 53.8. The Bertz CT molecular complexity index is 1960. The van der Waals surface area contributed by atoms with Crippen molar-refractivity contribution >= 4 is 175 Å². The van der Waals surface area contributed by atoms with Crippen LogP contribution in [0.2, 0.25) is 0 Å². The molecular formula is C15H32Cl2I4N31O2-. The fourth-order valence-corrected chi connectivity index (χ4v) is 3.10. The molecule has 302 valence electrons. The van der Waals surface area contributed by atoms with Gasteiger partial charge >= 0.3 is 50.5 Å². The number of aromatic nitrogens is 18. The molecule has 0 saturated heterocycles. The van der Waals surface area contributed by atoms with E-state index in [0.717, 1.165) is 0 Å². The van der Waals surface area contributed by atoms with Crippen LogP contribution in [-0.2, 0) is 0 Å². The van der Waals surface area contributed by atoms with Crippen molar-refractivity contribution in [3.05, 3.63) is 0 Å². The average molecular weight is 1260 g/mol. The fourth-order valence-electron chi connectivity index (χ4n) is 3.10. The summed E-state index contributed by atoms with van der Waals surface area (Å²) in [6, 6.07) is 0. The fraction of sp³-hybridized carbons (Fsp3) is 0. The van der Waals surface area contributed by atoms with Crippen molar-refractivity contribution in [2.45, 2.75) is 0 Å². The zero-order valence-electron chi connectivity index (χ0n) is 26.3. The van der Waals surface area contributed by atoms with Gasteiger partial charge in [0.2, 0.25) is 71.4 Å². The summed E-state index contributed by atoms with van der Waals surface area (Å²) in [7, 11) is 0. The van der Waals surface area contributed by atoms with Gasteiger partial charge < -0.3 is 74.0 Å². The molecule has 0 bridgehead atoms. The van der Waals surface area contributed by atoms with E-state index in [0.29, 0.717) is 13.3 Å². The van der Waals surface area contributed by atoms with Gasteiger partial charge in [0.1, 0.15) is 0 Å². The molecule has 54 heavy (non-hydrogen) atoms. The largest absolute Gasteiger partial charge is 0.412 e. The summed E-state index contributed by atoms with van der Waals surface area (Å²) in [5.41, 5.74) is 61.2. The number of hydrazine groups is 1. The molecule has 0 atom stereocenters. The van der Waals surface area contributed by atoms with E-state index in [2.05, 4.69) is 118 Å². The van der Waals surface area contributed by atoms with Gasteiger partial charge in [-0.05, 0) is 0 Å². The average Bonchev–Trinajstić information content (AvgIpc) is 3.70. The van der Waals surface area contributed by atoms with Crippen LogP contribution in [0.4, 0.5) is 71.4 Å². The van der Waals surface area contributed by atoms with Gasteiger partial charge in [0.05, 0.1) is 0 Å². The molecule has 0 saturated carbocycles. The molecule has 0 spiro atoms. The standard InChI is InChI=1S/3C4H6N8.C3H7N7.2ClH.I3.HI.2H2O/c3*5-1-8-2(6)12-3(7)10-11-4(12)9-1;4-1-7-2(5)9-3(8-1)10-6;;;1-3-2;;;/h3*(H2,7,10)(H4,5,6,8,9,11);6H2,(H5,4,5,7,8,9,10);2*1H;;1H;2*1H2/q;;;;;;-1;;;. The maximum absolute atomic E-state index is 5.47. The van der Waals surface area contributed by atoms with E-state index in [9.17, 15) is 0 Å². The Labute approximate surface area is 358 Å². The number of halogens is 6. The maximum Gasteiger partial charge on any atom is 0.262 e. The second-order valence-electron chi connectivity index (χ2n) is 7.97. The summed E-state index contributed by atoms with van der Waals surface area (Å²) < 4.78 is 3.91. The van der Waals surface area contributed by atoms with Crippen molar-refractivity contribution in [3.63, 3.8) is 0 Å². The van der Waals surface area contributed by atoms with Crippen LogP contribution in [0.3, 0.4) is 0 Å². The van der Waals surface area contributed by atoms with Crippen LogP contribution in [0.5, 0.6) is 0 Å². The van der Waals surface area contributed by atoms with Gasteiger partial charge in [-0.25, -0.2) is 19.0 Å². The van der Waals surface area contributed by atoms with Gasteiger partial charge in [0.25, 0.3) is 17.3 Å². The first-order chi connectivity index (χ1) is 23.2. The number of hydrogen-bond donors (Lipinski definition) is 13. The molecule has 7 aromatic rings. The molecule has 0 fully saturated rings. The molecule has 0 aliphatic rings. The van der Waals surface area contributed by atoms with Crippen LogP contribution >= 0.6 is 86.0 Å². The van der Waals surface area contributed by atoms with E-state index in [-0.39, 0.29) is 148 Å². The van der Waals surface area contributed by atoms with Gasteiger partial charge in [-0.15, -0.1) is 79.4 Å². The van der Waals surface area contributed by atoms with Crippen molar-refractivity contribution in [1.82, 2.24) is 88.6 Å². The minimum absolute atomic E-state index is 0. The van der Waals surface area contributed by atoms with E-state index in [1.807, 2.05) is 0 Å². The zero-order chi connectivity index (χ0) is 36.4. The summed E-state index contributed by atoms with van der Waals surface area (Å²) >= 11 is 5.30. The summed E-state index contributed by atoms with van der Waals surface area (Å²) in [4.78, 5) is 33.0. The Morgan fingerprint density at radius 1 is 0.407 bits per heavy atom. The zero-order valence-corrected chi connectivity index (χ0v) is 36.8. The number of fused-ring (bicyclic) bond motifs is 3. The molecule has 0 unspecified atom stereocenters. The van der Waals surface area contributed by atoms with Crippen molar-refractivity contribution in [2.75, 3.05) is 68.5 Å². The molecule has 29 N–H and O–H groups in total. The van der Waals surface area contributed by atoms with E-state index in [4.69, 9.17) is 68.9 Å². The van der Waals surface area contributed by atoms with E-state index >= 15 is 0 Å². The number of anilines is 12. The summed E-state index contributed by atoms with van der Waals surface area (Å²) in [5, 5.41) is 21.5. The molecule has 39 heteroatoms. The van der Waals surface area contributed by atoms with Crippen LogP contribution < -0.4 is 87.6 Å². The number of nitrogen functional groups attached to an aromatic ring is 12. The predicted octanol–water partition coefficient (Wildman–Crippen LogP) is -8.29. The van der Waals surface area contributed by atoms with Gasteiger partial charge in [0.15, 0.2) is 0 Å². The molecule has 7 heterocycles. The van der Waals surface area contributed by atoms with Gasteiger partial charge in [-0.1, -0.05) is 0 Å². The van der Waals surface area contributed by atoms with E-state index in [1.54, 1.807) is 0 Å². The first-order valence-corrected chi connectivity index (χ1v) is 24.6. The van der Waals surface area contributed by atoms with Gasteiger partial charge in [-0.3, -0.25) is 5.43 Å². The third-order valence-electron chi connectivity index (χ3n) is 4.83. The third kappa shape index (κ3) is 14.3. The second kappa shape index (κ2) is 24.7. The molecule has 0 aliphatic carbocycles. The smallest absolute Gasteiger partial charge is 0.262 e. The third-order valence-corrected chi connectivity index (χ3v) is 4.83. The number of hydrogen-bond acceptors (Lipinski definition) is 28. The number of nitrogens with two attached hydrogens (primary N) is 12. The van der Waals surface area contributed by atoms with Crippen LogP contribution in [-0.4, -0.2) is 99.6 Å². The molecule has 0 amide bonds. The van der Waals surface area contributed by atoms with Crippen molar-refractivity contribution in [1.29, 1.82) is 0 Å². The normalized spacial score (nSPS) is 9.24. The molecule has 0 aliphatic heterocycles. The van der Waals surface area contributed by atoms with Gasteiger partial charge in [-0.2, -0.15) is 44.9 Å². The van der Waals surface area contributed by atoms with Crippen molar-refractivity contribution in [3.8, 4) is 0 Å². The van der Waals surface area contributed by atoms with Gasteiger partial charge in [0, 0.05) is 0 Å². The topological polar surface area (TPSA) is 594 Å². The SMILES string of the molecule is Cl.Cl.I.I[I-]I.NNc1nc(N)nc(N)n1.Nc1nc(N)n2c(N)nnc2n1.Nc1nc(N)n2c(N)nnc2n1.Nc1nc(N)n2c(N)nnc2n1.O.O. The quantitative estimate of drug-likeness (QED) is 0.0412. The van der Waals surface area contributed by atoms with E-state index in [1.165, 1.54) is 13.2 Å². The Hall–Kier alpha value is -4.57. The predicted molar refractivity (Wildman–Crippen MR) is 227 cm³/mol. The van der Waals surface area contributed by atoms with Crippen LogP contribution in [0.25, 0.3) is 17.3 Å². The summed E-state index contributed by atoms with van der Waals surface area (Å²) in [6.45, 7) is 0. The maximum atomic E-state index is 5.47. The van der Waals surface area contributed by atoms with Crippen LogP contribution in [0, 0.1) is 0 Å². The number of nitrogens with one attached hydrogen (secondary N) is 1. The minimum atomic E-state index is 0. The molecular weight excluding hydrogens is 1220 g/mol. The Morgan fingerprint density at radius 2 is 0.648 bits per heavy atom. The molecule has 0 radical (unpaired) electrons.